The molecular formula is C15H22N6O2. The SMILES string of the molecule is O=C(c1ncn2c1NNN(C1CCCCC1)C2=O)N1CCCC1. The maximum Gasteiger partial charge on any atom is 0.347 e. The van der Waals surface area contributed by atoms with E-state index in [1.165, 1.54) is 17.3 Å². The van der Waals surface area contributed by atoms with E-state index in [2.05, 4.69) is 15.9 Å². The van der Waals surface area contributed by atoms with Gasteiger partial charge in [0.15, 0.2) is 11.5 Å². The van der Waals surface area contributed by atoms with Crippen LogP contribution in [-0.4, -0.2) is 50.5 Å². The third kappa shape index (κ3) is 2.46. The summed E-state index contributed by atoms with van der Waals surface area (Å²) in [5.74, 6) is 0.337. The molecule has 8 heteroatoms. The van der Waals surface area contributed by atoms with E-state index in [0.29, 0.717) is 11.5 Å². The third-order valence-electron chi connectivity index (χ3n) is 5.01. The zero-order valence-electron chi connectivity index (χ0n) is 13.1. The van der Waals surface area contributed by atoms with Crippen LogP contribution in [0.4, 0.5) is 10.6 Å². The fourth-order valence-corrected chi connectivity index (χ4v) is 3.70. The van der Waals surface area contributed by atoms with Crippen LogP contribution in [-0.2, 0) is 0 Å². The van der Waals surface area contributed by atoms with Gasteiger partial charge in [-0.25, -0.2) is 19.4 Å². The van der Waals surface area contributed by atoms with Gasteiger partial charge in [-0.1, -0.05) is 19.3 Å². The number of hydrogen-bond donors (Lipinski definition) is 2. The molecule has 0 spiro atoms. The van der Waals surface area contributed by atoms with E-state index in [0.717, 1.165) is 51.6 Å². The molecule has 3 aliphatic rings. The molecule has 2 N–H and O–H groups in total. The van der Waals surface area contributed by atoms with Gasteiger partial charge in [-0.3, -0.25) is 10.2 Å². The molecule has 0 bridgehead atoms. The predicted molar refractivity (Wildman–Crippen MR) is 83.6 cm³/mol. The highest BCUT2D eigenvalue weighted by Crippen LogP contribution is 2.26. The number of imidazole rings is 1. The molecule has 4 rings (SSSR count). The summed E-state index contributed by atoms with van der Waals surface area (Å²) in [6, 6.07) is 0.0238. The molecule has 1 aromatic rings. The predicted octanol–water partition coefficient (Wildman–Crippen LogP) is 1.57. The van der Waals surface area contributed by atoms with Gasteiger partial charge in [-0.2, -0.15) is 0 Å². The van der Waals surface area contributed by atoms with Crippen molar-refractivity contribution in [3.8, 4) is 0 Å². The summed E-state index contributed by atoms with van der Waals surface area (Å²) >= 11 is 0. The lowest BCUT2D eigenvalue weighted by molar-refractivity contribution is 0.0787. The van der Waals surface area contributed by atoms with Crippen LogP contribution in [0.25, 0.3) is 0 Å². The number of amides is 2. The van der Waals surface area contributed by atoms with Gasteiger partial charge in [0.25, 0.3) is 5.91 Å². The van der Waals surface area contributed by atoms with E-state index in [4.69, 9.17) is 0 Å². The molecule has 0 aromatic carbocycles. The normalized spacial score (nSPS) is 22.2. The van der Waals surface area contributed by atoms with E-state index < -0.39 is 0 Å². The van der Waals surface area contributed by atoms with Crippen molar-refractivity contribution >= 4 is 17.8 Å². The van der Waals surface area contributed by atoms with Crippen LogP contribution in [0, 0.1) is 0 Å². The molecule has 0 atom stereocenters. The topological polar surface area (TPSA) is 82.5 Å². The molecule has 0 radical (unpaired) electrons. The highest BCUT2D eigenvalue weighted by atomic mass is 16.2. The fourth-order valence-electron chi connectivity index (χ4n) is 3.70. The zero-order valence-corrected chi connectivity index (χ0v) is 13.1. The molecule has 0 unspecified atom stereocenters. The molecule has 3 heterocycles. The van der Waals surface area contributed by atoms with Crippen LogP contribution < -0.4 is 11.0 Å². The average molecular weight is 318 g/mol. The van der Waals surface area contributed by atoms with E-state index in [1.807, 2.05) is 0 Å². The van der Waals surface area contributed by atoms with Gasteiger partial charge < -0.3 is 4.90 Å². The number of nitrogens with zero attached hydrogens (tertiary/aromatic N) is 4. The van der Waals surface area contributed by atoms with Gasteiger partial charge in [-0.05, 0) is 25.7 Å². The monoisotopic (exact) mass is 318 g/mol. The van der Waals surface area contributed by atoms with Crippen molar-refractivity contribution in [1.29, 1.82) is 0 Å². The molecule has 2 fully saturated rings. The Morgan fingerprint density at radius 2 is 1.87 bits per heavy atom. The van der Waals surface area contributed by atoms with Crippen LogP contribution in [0.2, 0.25) is 0 Å². The first kappa shape index (κ1) is 14.5. The molecule has 1 aliphatic carbocycles. The number of aromatic nitrogens is 2. The summed E-state index contributed by atoms with van der Waals surface area (Å²) in [5, 5.41) is 1.64. The Morgan fingerprint density at radius 1 is 1.13 bits per heavy atom. The van der Waals surface area contributed by atoms with Gasteiger partial charge in [0.05, 0.1) is 6.04 Å². The second-order valence-electron chi connectivity index (χ2n) is 6.49. The van der Waals surface area contributed by atoms with Crippen molar-refractivity contribution < 1.29 is 9.59 Å². The fraction of sp³-hybridized carbons (Fsp3) is 0.667. The van der Waals surface area contributed by atoms with Crippen molar-refractivity contribution in [1.82, 2.24) is 25.0 Å². The van der Waals surface area contributed by atoms with Crippen molar-refractivity contribution in [2.24, 2.45) is 0 Å². The molecule has 8 nitrogen and oxygen atoms in total. The highest BCUT2D eigenvalue weighted by molar-refractivity contribution is 5.99. The molecule has 23 heavy (non-hydrogen) atoms. The Bertz CT molecular complexity index is 615. The number of nitrogens with one attached hydrogen (secondary N) is 2. The molecule has 1 saturated carbocycles. The maximum atomic E-state index is 12.7. The lowest BCUT2D eigenvalue weighted by Crippen LogP contribution is -2.57. The maximum absolute atomic E-state index is 12.7. The molecule has 2 amide bonds. The number of carbonyl (C=O) groups excluding carboxylic acids is 2. The standard InChI is InChI=1S/C15H22N6O2/c22-14(19-8-4-5-9-19)12-13-17-18-21(11-6-2-1-3-7-11)15(23)20(13)10-16-12/h10-11,17-18H,1-9H2. The molecule has 1 aromatic heterocycles. The summed E-state index contributed by atoms with van der Waals surface area (Å²) in [5.41, 5.74) is 6.29. The Morgan fingerprint density at radius 3 is 2.61 bits per heavy atom. The van der Waals surface area contributed by atoms with Crippen LogP contribution in [0.5, 0.6) is 0 Å². The zero-order chi connectivity index (χ0) is 15.8. The summed E-state index contributed by atoms with van der Waals surface area (Å²) in [6.07, 6.45) is 9.04. The second-order valence-corrected chi connectivity index (χ2v) is 6.49. The molecular weight excluding hydrogens is 296 g/mol. The van der Waals surface area contributed by atoms with E-state index in [9.17, 15) is 9.59 Å². The van der Waals surface area contributed by atoms with Crippen molar-refractivity contribution in [3.05, 3.63) is 12.0 Å². The highest BCUT2D eigenvalue weighted by Gasteiger charge is 2.35. The van der Waals surface area contributed by atoms with Crippen LogP contribution in [0.3, 0.4) is 0 Å². The Hall–Kier alpha value is -2.09. The number of rotatable bonds is 2. The van der Waals surface area contributed by atoms with Crippen molar-refractivity contribution in [3.63, 3.8) is 0 Å². The minimum atomic E-state index is -0.168. The summed E-state index contributed by atoms with van der Waals surface area (Å²) in [7, 11) is 0. The van der Waals surface area contributed by atoms with E-state index in [1.54, 1.807) is 9.91 Å². The number of likely N-dealkylation sites (tertiary alicyclic amines) is 1. The molecule has 124 valence electrons. The van der Waals surface area contributed by atoms with E-state index in [-0.39, 0.29) is 18.0 Å². The van der Waals surface area contributed by atoms with Gasteiger partial charge in [0, 0.05) is 13.1 Å². The molecule has 1 saturated heterocycles. The summed E-state index contributed by atoms with van der Waals surface area (Å²) in [4.78, 5) is 31.2. The van der Waals surface area contributed by atoms with Crippen molar-refractivity contribution in [2.45, 2.75) is 51.0 Å². The van der Waals surface area contributed by atoms with Crippen molar-refractivity contribution in [2.75, 3.05) is 18.5 Å². The first-order chi connectivity index (χ1) is 11.3. The largest absolute Gasteiger partial charge is 0.347 e. The van der Waals surface area contributed by atoms with Gasteiger partial charge >= 0.3 is 6.03 Å². The number of fused-ring (bicyclic) bond motifs is 1. The van der Waals surface area contributed by atoms with E-state index >= 15 is 0 Å². The lowest BCUT2D eigenvalue weighted by Gasteiger charge is -2.37. The number of hydrazine groups is 2. The van der Waals surface area contributed by atoms with Gasteiger partial charge in [-0.15, -0.1) is 5.53 Å². The van der Waals surface area contributed by atoms with Gasteiger partial charge in [0.1, 0.15) is 6.33 Å². The third-order valence-corrected chi connectivity index (χ3v) is 5.01. The average Bonchev–Trinajstić information content (AvgIpc) is 3.25. The Labute approximate surface area is 134 Å². The number of anilines is 1. The first-order valence-electron chi connectivity index (χ1n) is 8.47. The Kier molecular flexibility index (Phi) is 3.68. The second kappa shape index (κ2) is 5.84. The minimum Gasteiger partial charge on any atom is -0.337 e. The van der Waals surface area contributed by atoms with Crippen LogP contribution in [0.15, 0.2) is 6.33 Å². The number of carbonyl (C=O) groups is 2. The first-order valence-corrected chi connectivity index (χ1v) is 8.47. The smallest absolute Gasteiger partial charge is 0.337 e. The summed E-state index contributed by atoms with van der Waals surface area (Å²) in [6.45, 7) is 1.53. The molecule has 2 aliphatic heterocycles. The summed E-state index contributed by atoms with van der Waals surface area (Å²) < 4.78 is 1.44. The van der Waals surface area contributed by atoms with Crippen LogP contribution >= 0.6 is 0 Å². The quantitative estimate of drug-likeness (QED) is 0.865. The van der Waals surface area contributed by atoms with Gasteiger partial charge in [0.2, 0.25) is 0 Å². The van der Waals surface area contributed by atoms with Crippen LogP contribution in [0.1, 0.15) is 55.4 Å². The Balaban J connectivity index is 1.55. The lowest BCUT2D eigenvalue weighted by atomic mass is 9.95. The number of hydrogen-bond acceptors (Lipinski definition) is 5. The minimum absolute atomic E-state index is 0.107.